The monoisotopic (exact) mass is 544 g/mol. The van der Waals surface area contributed by atoms with Gasteiger partial charge in [-0.1, -0.05) is 64.3 Å². The van der Waals surface area contributed by atoms with E-state index >= 15 is 0 Å². The molecule has 2 aromatic carbocycles. The molecule has 0 spiro atoms. The molecule has 1 fully saturated rings. The van der Waals surface area contributed by atoms with Gasteiger partial charge in [0.1, 0.15) is 5.01 Å². The van der Waals surface area contributed by atoms with Crippen molar-refractivity contribution in [1.29, 1.82) is 0 Å². The van der Waals surface area contributed by atoms with Crippen molar-refractivity contribution in [3.8, 4) is 10.6 Å². The fourth-order valence-electron chi connectivity index (χ4n) is 3.53. The quantitative estimate of drug-likeness (QED) is 0.451. The van der Waals surface area contributed by atoms with Crippen molar-refractivity contribution in [3.63, 3.8) is 0 Å². The maximum Gasteiger partial charge on any atom is 0.229 e. The van der Waals surface area contributed by atoms with E-state index in [1.807, 2.05) is 12.1 Å². The van der Waals surface area contributed by atoms with E-state index in [1.165, 1.54) is 15.6 Å². The zero-order valence-electron chi connectivity index (χ0n) is 17.2. The van der Waals surface area contributed by atoms with Gasteiger partial charge in [0, 0.05) is 45.2 Å². The van der Waals surface area contributed by atoms with E-state index in [1.54, 1.807) is 30.3 Å². The second-order valence-corrected chi connectivity index (χ2v) is 11.7. The van der Waals surface area contributed by atoms with Gasteiger partial charge < -0.3 is 5.32 Å². The highest BCUT2D eigenvalue weighted by molar-refractivity contribution is 7.88. The topological polar surface area (TPSA) is 92.3 Å². The molecule has 4 rings (SSSR count). The van der Waals surface area contributed by atoms with E-state index in [0.717, 1.165) is 5.56 Å². The van der Waals surface area contributed by atoms with Crippen LogP contribution >= 0.6 is 46.1 Å². The third-order valence-corrected chi connectivity index (χ3v) is 9.01. The molecule has 33 heavy (non-hydrogen) atoms. The van der Waals surface area contributed by atoms with E-state index in [9.17, 15) is 13.2 Å². The molecule has 1 aliphatic heterocycles. The van der Waals surface area contributed by atoms with Crippen LogP contribution < -0.4 is 5.32 Å². The molecule has 0 atom stereocenters. The van der Waals surface area contributed by atoms with Crippen LogP contribution in [0.1, 0.15) is 18.4 Å². The Balaban J connectivity index is 1.34. The number of amides is 1. The molecule has 1 N–H and O–H groups in total. The molecule has 2 heterocycles. The summed E-state index contributed by atoms with van der Waals surface area (Å²) >= 11 is 19.4. The number of nitrogens with one attached hydrogen (secondary N) is 1. The molecular formula is C21H19Cl3N4O3S2. The lowest BCUT2D eigenvalue weighted by atomic mass is 9.97. The Bertz CT molecular complexity index is 1240. The molecule has 174 valence electrons. The van der Waals surface area contributed by atoms with Gasteiger partial charge in [-0.05, 0) is 37.1 Å². The van der Waals surface area contributed by atoms with Crippen molar-refractivity contribution in [2.24, 2.45) is 5.92 Å². The zero-order valence-corrected chi connectivity index (χ0v) is 21.1. The van der Waals surface area contributed by atoms with Gasteiger partial charge in [-0.15, -0.1) is 10.2 Å². The fraction of sp³-hybridized carbons (Fsp3) is 0.286. The van der Waals surface area contributed by atoms with Crippen LogP contribution in [-0.4, -0.2) is 41.9 Å². The minimum absolute atomic E-state index is 0.194. The molecule has 1 saturated heterocycles. The molecule has 1 aliphatic rings. The largest absolute Gasteiger partial charge is 0.300 e. The van der Waals surface area contributed by atoms with Crippen molar-refractivity contribution in [2.45, 2.75) is 18.6 Å². The first kappa shape index (κ1) is 24.4. The maximum absolute atomic E-state index is 12.9. The minimum Gasteiger partial charge on any atom is -0.300 e. The number of carbonyl (C=O) groups is 1. The SMILES string of the molecule is O=C(Nc1nnc(-c2ccc(Cl)cc2)s1)C1CCN(S(=O)(=O)Cc2c(Cl)cccc2Cl)CC1. The molecule has 7 nitrogen and oxygen atoms in total. The highest BCUT2D eigenvalue weighted by Crippen LogP contribution is 2.30. The van der Waals surface area contributed by atoms with Crippen LogP contribution in [0, 0.1) is 5.92 Å². The van der Waals surface area contributed by atoms with Gasteiger partial charge in [-0.3, -0.25) is 4.79 Å². The van der Waals surface area contributed by atoms with E-state index in [0.29, 0.717) is 43.6 Å². The van der Waals surface area contributed by atoms with Crippen LogP contribution in [-0.2, 0) is 20.6 Å². The van der Waals surface area contributed by atoms with Crippen molar-refractivity contribution in [1.82, 2.24) is 14.5 Å². The standard InChI is InChI=1S/C21H19Cl3N4O3S2/c22-15-6-4-14(5-7-15)20-26-27-21(32-20)25-19(29)13-8-10-28(11-9-13)33(30,31)12-16-17(23)2-1-3-18(16)24/h1-7,13H,8-12H2,(H,25,27,29). The molecule has 3 aromatic rings. The second kappa shape index (κ2) is 10.2. The fourth-order valence-corrected chi connectivity index (χ4v) is 6.72. The summed E-state index contributed by atoms with van der Waals surface area (Å²) in [6.45, 7) is 0.489. The Morgan fingerprint density at radius 3 is 2.30 bits per heavy atom. The highest BCUT2D eigenvalue weighted by Gasteiger charge is 2.32. The Hall–Kier alpha value is -1.75. The molecule has 0 unspecified atom stereocenters. The van der Waals surface area contributed by atoms with Crippen molar-refractivity contribution >= 4 is 67.2 Å². The van der Waals surface area contributed by atoms with Gasteiger partial charge in [-0.25, -0.2) is 12.7 Å². The molecule has 0 bridgehead atoms. The van der Waals surface area contributed by atoms with Crippen LogP contribution in [0.15, 0.2) is 42.5 Å². The van der Waals surface area contributed by atoms with E-state index < -0.39 is 10.0 Å². The van der Waals surface area contributed by atoms with Gasteiger partial charge >= 0.3 is 0 Å². The number of halogens is 3. The summed E-state index contributed by atoms with van der Waals surface area (Å²) in [5, 5.41) is 13.3. The first-order valence-corrected chi connectivity index (χ1v) is 13.6. The van der Waals surface area contributed by atoms with Crippen LogP contribution in [0.4, 0.5) is 5.13 Å². The number of carbonyl (C=O) groups excluding carboxylic acids is 1. The number of nitrogens with zero attached hydrogens (tertiary/aromatic N) is 3. The maximum atomic E-state index is 12.9. The highest BCUT2D eigenvalue weighted by atomic mass is 35.5. The molecule has 1 aromatic heterocycles. The lowest BCUT2D eigenvalue weighted by molar-refractivity contribution is -0.120. The number of piperidine rings is 1. The van der Waals surface area contributed by atoms with Gasteiger partial charge in [-0.2, -0.15) is 0 Å². The van der Waals surface area contributed by atoms with Crippen molar-refractivity contribution < 1.29 is 13.2 Å². The third-order valence-electron chi connectivity index (χ3n) is 5.35. The molecule has 0 saturated carbocycles. The Labute approximate surface area is 210 Å². The van der Waals surface area contributed by atoms with E-state index in [2.05, 4.69) is 15.5 Å². The average Bonchev–Trinajstić information content (AvgIpc) is 3.25. The second-order valence-electron chi connectivity index (χ2n) is 7.54. The Kier molecular flexibility index (Phi) is 7.57. The number of sulfonamides is 1. The predicted octanol–water partition coefficient (Wildman–Crippen LogP) is 5.35. The number of rotatable bonds is 6. The first-order valence-electron chi connectivity index (χ1n) is 10.0. The summed E-state index contributed by atoms with van der Waals surface area (Å²) in [6, 6.07) is 12.1. The molecule has 0 radical (unpaired) electrons. The molecular weight excluding hydrogens is 527 g/mol. The minimum atomic E-state index is -3.62. The van der Waals surface area contributed by atoms with Crippen molar-refractivity contribution in [2.75, 3.05) is 18.4 Å². The summed E-state index contributed by atoms with van der Waals surface area (Å²) in [6.07, 6.45) is 0.814. The first-order chi connectivity index (χ1) is 15.7. The van der Waals surface area contributed by atoms with Crippen molar-refractivity contribution in [3.05, 3.63) is 63.1 Å². The number of hydrogen-bond acceptors (Lipinski definition) is 6. The summed E-state index contributed by atoms with van der Waals surface area (Å²) in [5.74, 6) is -0.788. The summed E-state index contributed by atoms with van der Waals surface area (Å²) in [5.41, 5.74) is 1.24. The van der Waals surface area contributed by atoms with Crippen LogP contribution in [0.5, 0.6) is 0 Å². The number of hydrogen-bond donors (Lipinski definition) is 1. The van der Waals surface area contributed by atoms with Gasteiger partial charge in [0.25, 0.3) is 0 Å². The predicted molar refractivity (Wildman–Crippen MR) is 132 cm³/mol. The average molecular weight is 546 g/mol. The van der Waals surface area contributed by atoms with Crippen LogP contribution in [0.25, 0.3) is 10.6 Å². The Morgan fingerprint density at radius 2 is 1.67 bits per heavy atom. The lowest BCUT2D eigenvalue weighted by Crippen LogP contribution is -2.41. The van der Waals surface area contributed by atoms with Gasteiger partial charge in [0.15, 0.2) is 0 Å². The number of aromatic nitrogens is 2. The summed E-state index contributed by atoms with van der Waals surface area (Å²) in [4.78, 5) is 12.7. The van der Waals surface area contributed by atoms with Gasteiger partial charge in [0.2, 0.25) is 21.1 Å². The number of anilines is 1. The molecule has 1 amide bonds. The normalized spacial score (nSPS) is 15.5. The van der Waals surface area contributed by atoms with E-state index in [4.69, 9.17) is 34.8 Å². The summed E-state index contributed by atoms with van der Waals surface area (Å²) < 4.78 is 27.1. The Morgan fingerprint density at radius 1 is 1.03 bits per heavy atom. The zero-order chi connectivity index (χ0) is 23.6. The smallest absolute Gasteiger partial charge is 0.229 e. The van der Waals surface area contributed by atoms with Crippen LogP contribution in [0.2, 0.25) is 15.1 Å². The summed E-state index contributed by atoms with van der Waals surface area (Å²) in [7, 11) is -3.62. The van der Waals surface area contributed by atoms with Crippen LogP contribution in [0.3, 0.4) is 0 Å². The molecule has 0 aliphatic carbocycles. The lowest BCUT2D eigenvalue weighted by Gasteiger charge is -2.30. The number of benzene rings is 2. The van der Waals surface area contributed by atoms with E-state index in [-0.39, 0.29) is 30.7 Å². The van der Waals surface area contributed by atoms with Gasteiger partial charge in [0.05, 0.1) is 5.75 Å². The molecule has 12 heteroatoms. The third kappa shape index (κ3) is 5.85.